The highest BCUT2D eigenvalue weighted by molar-refractivity contribution is 5.89. The number of ether oxygens (including phenoxy) is 2. The van der Waals surface area contributed by atoms with Crippen LogP contribution in [0.3, 0.4) is 0 Å². The monoisotopic (exact) mass is 409 g/mol. The Labute approximate surface area is 174 Å². The predicted octanol–water partition coefficient (Wildman–Crippen LogP) is 3.17. The van der Waals surface area contributed by atoms with Gasteiger partial charge < -0.3 is 19.3 Å². The molecule has 0 fully saturated rings. The second-order valence-electron chi connectivity index (χ2n) is 6.56. The summed E-state index contributed by atoms with van der Waals surface area (Å²) >= 11 is 0. The van der Waals surface area contributed by atoms with Gasteiger partial charge in [0.15, 0.2) is 0 Å². The number of esters is 1. The molecule has 1 amide bonds. The minimum Gasteiger partial charge on any atom is -0.497 e. The van der Waals surface area contributed by atoms with Gasteiger partial charge in [0.25, 0.3) is 0 Å². The highest BCUT2D eigenvalue weighted by Crippen LogP contribution is 2.20. The molecule has 30 heavy (non-hydrogen) atoms. The van der Waals surface area contributed by atoms with Crippen LogP contribution < -0.4 is 10.1 Å². The molecule has 8 heteroatoms. The lowest BCUT2D eigenvalue weighted by atomic mass is 10.1. The molecule has 8 nitrogen and oxygen atoms in total. The summed E-state index contributed by atoms with van der Waals surface area (Å²) in [5.41, 5.74) is 2.21. The van der Waals surface area contributed by atoms with E-state index in [-0.39, 0.29) is 11.9 Å². The number of hydrogen-bond donors (Lipinski definition) is 1. The zero-order chi connectivity index (χ0) is 21.3. The maximum atomic E-state index is 12.1. The number of nitrogens with one attached hydrogen (secondary N) is 1. The van der Waals surface area contributed by atoms with E-state index in [0.29, 0.717) is 43.1 Å². The van der Waals surface area contributed by atoms with Gasteiger partial charge in [0.1, 0.15) is 5.75 Å². The molecule has 0 aliphatic carbocycles. The molecule has 0 aliphatic heterocycles. The highest BCUT2D eigenvalue weighted by atomic mass is 16.5. The minimum atomic E-state index is -0.387. The van der Waals surface area contributed by atoms with Crippen LogP contribution in [0.25, 0.3) is 11.4 Å². The smallest absolute Gasteiger partial charge is 0.337 e. The van der Waals surface area contributed by atoms with E-state index in [9.17, 15) is 9.59 Å². The van der Waals surface area contributed by atoms with Gasteiger partial charge in [-0.2, -0.15) is 4.98 Å². The second-order valence-corrected chi connectivity index (χ2v) is 6.56. The van der Waals surface area contributed by atoms with Crippen molar-refractivity contribution in [3.8, 4) is 17.1 Å². The standard InChI is InChI=1S/C22H23N3O5/c1-28-18-12-10-16(11-13-18)21-24-20(30-25-21)5-3-4-19(26)23-14-15-6-8-17(9-7-15)22(27)29-2/h6-13H,3-5,14H2,1-2H3,(H,23,26). The Morgan fingerprint density at radius 2 is 1.77 bits per heavy atom. The summed E-state index contributed by atoms with van der Waals surface area (Å²) in [5, 5.41) is 6.84. The van der Waals surface area contributed by atoms with Crippen LogP contribution in [-0.2, 0) is 22.5 Å². The molecule has 1 N–H and O–H groups in total. The lowest BCUT2D eigenvalue weighted by Gasteiger charge is -2.06. The van der Waals surface area contributed by atoms with Crippen LogP contribution in [0.15, 0.2) is 53.1 Å². The zero-order valence-electron chi connectivity index (χ0n) is 16.9. The topological polar surface area (TPSA) is 104 Å². The van der Waals surface area contributed by atoms with Crippen molar-refractivity contribution < 1.29 is 23.6 Å². The van der Waals surface area contributed by atoms with Gasteiger partial charge in [-0.1, -0.05) is 17.3 Å². The number of rotatable bonds is 9. The molecule has 0 aliphatic rings. The van der Waals surface area contributed by atoms with Crippen molar-refractivity contribution in [3.05, 3.63) is 65.5 Å². The lowest BCUT2D eigenvalue weighted by molar-refractivity contribution is -0.121. The molecule has 1 heterocycles. The summed E-state index contributed by atoms with van der Waals surface area (Å²) in [4.78, 5) is 27.8. The van der Waals surface area contributed by atoms with Crippen LogP contribution in [0.4, 0.5) is 0 Å². The van der Waals surface area contributed by atoms with Gasteiger partial charge in [-0.25, -0.2) is 4.79 Å². The molecule has 3 aromatic rings. The van der Waals surface area contributed by atoms with E-state index in [2.05, 4.69) is 20.2 Å². The van der Waals surface area contributed by atoms with Crippen LogP contribution in [0, 0.1) is 0 Å². The van der Waals surface area contributed by atoms with E-state index in [1.807, 2.05) is 24.3 Å². The number of hydrogen-bond acceptors (Lipinski definition) is 7. The van der Waals surface area contributed by atoms with Gasteiger partial charge in [-0.05, 0) is 48.4 Å². The highest BCUT2D eigenvalue weighted by Gasteiger charge is 2.10. The van der Waals surface area contributed by atoms with Gasteiger partial charge in [0.2, 0.25) is 17.6 Å². The molecule has 0 unspecified atom stereocenters. The third-order valence-electron chi connectivity index (χ3n) is 4.48. The predicted molar refractivity (Wildman–Crippen MR) is 109 cm³/mol. The number of aryl methyl sites for hydroxylation is 1. The maximum absolute atomic E-state index is 12.1. The molecule has 0 saturated carbocycles. The van der Waals surface area contributed by atoms with Gasteiger partial charge in [0, 0.05) is 24.9 Å². The number of aromatic nitrogens is 2. The molecule has 0 saturated heterocycles. The molecule has 1 aromatic heterocycles. The van der Waals surface area contributed by atoms with Gasteiger partial charge >= 0.3 is 5.97 Å². The SMILES string of the molecule is COC(=O)c1ccc(CNC(=O)CCCc2nc(-c3ccc(OC)cc3)no2)cc1. The van der Waals surface area contributed by atoms with Gasteiger partial charge in [-0.3, -0.25) is 4.79 Å². The third kappa shape index (κ3) is 5.66. The first kappa shape index (κ1) is 21.0. The van der Waals surface area contributed by atoms with E-state index in [1.54, 1.807) is 31.4 Å². The Morgan fingerprint density at radius 1 is 1.03 bits per heavy atom. The fourth-order valence-corrected chi connectivity index (χ4v) is 2.78. The summed E-state index contributed by atoms with van der Waals surface area (Å²) in [6.45, 7) is 0.391. The Kier molecular flexibility index (Phi) is 7.15. The van der Waals surface area contributed by atoms with Crippen molar-refractivity contribution in [2.75, 3.05) is 14.2 Å². The zero-order valence-corrected chi connectivity index (χ0v) is 16.9. The molecule has 2 aromatic carbocycles. The number of carbonyl (C=O) groups excluding carboxylic acids is 2. The molecule has 156 valence electrons. The third-order valence-corrected chi connectivity index (χ3v) is 4.48. The van der Waals surface area contributed by atoms with Crippen LogP contribution in [0.2, 0.25) is 0 Å². The average molecular weight is 409 g/mol. The van der Waals surface area contributed by atoms with Crippen molar-refractivity contribution >= 4 is 11.9 Å². The van der Waals surface area contributed by atoms with Crippen LogP contribution in [0.1, 0.15) is 34.7 Å². The minimum absolute atomic E-state index is 0.0677. The van der Waals surface area contributed by atoms with E-state index < -0.39 is 0 Å². The van der Waals surface area contributed by atoms with Crippen LogP contribution in [0.5, 0.6) is 5.75 Å². The van der Waals surface area contributed by atoms with E-state index >= 15 is 0 Å². The van der Waals surface area contributed by atoms with Gasteiger partial charge in [0.05, 0.1) is 19.8 Å². The summed E-state index contributed by atoms with van der Waals surface area (Å²) in [6, 6.07) is 14.3. The Morgan fingerprint density at radius 3 is 2.43 bits per heavy atom. The number of carbonyl (C=O) groups is 2. The summed E-state index contributed by atoms with van der Waals surface area (Å²) in [6.07, 6.45) is 1.46. The Bertz CT molecular complexity index is 981. The fourth-order valence-electron chi connectivity index (χ4n) is 2.78. The van der Waals surface area contributed by atoms with Crippen molar-refractivity contribution in [1.29, 1.82) is 0 Å². The fraction of sp³-hybridized carbons (Fsp3) is 0.273. The van der Waals surface area contributed by atoms with Crippen molar-refractivity contribution in [3.63, 3.8) is 0 Å². The first-order valence-electron chi connectivity index (χ1n) is 9.50. The first-order valence-corrected chi connectivity index (χ1v) is 9.50. The Hall–Kier alpha value is -3.68. The quantitative estimate of drug-likeness (QED) is 0.541. The van der Waals surface area contributed by atoms with Crippen molar-refractivity contribution in [2.45, 2.75) is 25.8 Å². The number of benzene rings is 2. The van der Waals surface area contributed by atoms with Crippen LogP contribution in [-0.4, -0.2) is 36.2 Å². The number of nitrogens with zero attached hydrogens (tertiary/aromatic N) is 2. The number of amides is 1. The summed E-state index contributed by atoms with van der Waals surface area (Å²) in [5.74, 6) is 1.30. The molecule has 0 radical (unpaired) electrons. The van der Waals surface area contributed by atoms with Crippen LogP contribution >= 0.6 is 0 Å². The molecule has 0 bridgehead atoms. The van der Waals surface area contributed by atoms with E-state index in [4.69, 9.17) is 9.26 Å². The molecular weight excluding hydrogens is 386 g/mol. The van der Waals surface area contributed by atoms with Crippen molar-refractivity contribution in [2.24, 2.45) is 0 Å². The lowest BCUT2D eigenvalue weighted by Crippen LogP contribution is -2.22. The van der Waals surface area contributed by atoms with Gasteiger partial charge in [-0.15, -0.1) is 0 Å². The second kappa shape index (κ2) is 10.2. The first-order chi connectivity index (χ1) is 14.6. The summed E-state index contributed by atoms with van der Waals surface area (Å²) in [7, 11) is 2.95. The average Bonchev–Trinajstić information content (AvgIpc) is 3.26. The largest absolute Gasteiger partial charge is 0.497 e. The molecule has 0 spiro atoms. The van der Waals surface area contributed by atoms with Crippen molar-refractivity contribution in [1.82, 2.24) is 15.5 Å². The molecule has 3 rings (SSSR count). The summed E-state index contributed by atoms with van der Waals surface area (Å²) < 4.78 is 15.1. The normalized spacial score (nSPS) is 10.5. The van der Waals surface area contributed by atoms with E-state index in [0.717, 1.165) is 16.9 Å². The maximum Gasteiger partial charge on any atom is 0.337 e. The number of methoxy groups -OCH3 is 2. The van der Waals surface area contributed by atoms with E-state index in [1.165, 1.54) is 7.11 Å². The molecule has 0 atom stereocenters. The Balaban J connectivity index is 1.41. The molecular formula is C22H23N3O5.